The monoisotopic (exact) mass is 380 g/mol. The van der Waals surface area contributed by atoms with Crippen molar-refractivity contribution in [1.29, 1.82) is 0 Å². The average molecular weight is 381 g/mol. The van der Waals surface area contributed by atoms with Gasteiger partial charge in [0.2, 0.25) is 0 Å². The second-order valence-corrected chi connectivity index (χ2v) is 8.41. The summed E-state index contributed by atoms with van der Waals surface area (Å²) in [5, 5.41) is 6.96. The molecular weight excluding hydrogens is 352 g/mol. The second kappa shape index (κ2) is 8.36. The fourth-order valence-electron chi connectivity index (χ4n) is 4.00. The van der Waals surface area contributed by atoms with Gasteiger partial charge in [-0.15, -0.1) is 11.3 Å². The SMILES string of the molecule is Cc1ccc(-c2csc3ncnc(NCCCCN4CCCC4)c23)c(C)c1. The molecule has 0 amide bonds. The van der Waals surface area contributed by atoms with Gasteiger partial charge in [0.05, 0.1) is 5.39 Å². The Morgan fingerprint density at radius 3 is 2.74 bits per heavy atom. The number of thiophene rings is 1. The van der Waals surface area contributed by atoms with Gasteiger partial charge in [-0.3, -0.25) is 0 Å². The van der Waals surface area contributed by atoms with Crippen LogP contribution in [0.25, 0.3) is 21.3 Å². The van der Waals surface area contributed by atoms with Crippen molar-refractivity contribution in [3.05, 3.63) is 41.0 Å². The molecule has 1 aromatic carbocycles. The van der Waals surface area contributed by atoms with Gasteiger partial charge in [-0.25, -0.2) is 9.97 Å². The smallest absolute Gasteiger partial charge is 0.138 e. The van der Waals surface area contributed by atoms with E-state index in [0.717, 1.165) is 22.6 Å². The summed E-state index contributed by atoms with van der Waals surface area (Å²) in [4.78, 5) is 12.7. The lowest BCUT2D eigenvalue weighted by Crippen LogP contribution is -2.20. The fourth-order valence-corrected chi connectivity index (χ4v) is 4.90. The normalized spacial score (nSPS) is 14.9. The van der Waals surface area contributed by atoms with Crippen LogP contribution in [-0.2, 0) is 0 Å². The Labute approximate surface area is 165 Å². The molecule has 1 fully saturated rings. The van der Waals surface area contributed by atoms with Crippen LogP contribution < -0.4 is 5.32 Å². The summed E-state index contributed by atoms with van der Waals surface area (Å²) in [6.07, 6.45) is 6.84. The maximum atomic E-state index is 4.56. The topological polar surface area (TPSA) is 41.1 Å². The zero-order valence-corrected chi connectivity index (χ0v) is 17.1. The van der Waals surface area contributed by atoms with E-state index in [1.54, 1.807) is 17.7 Å². The van der Waals surface area contributed by atoms with Gasteiger partial charge in [0.25, 0.3) is 0 Å². The molecule has 0 aliphatic carbocycles. The summed E-state index contributed by atoms with van der Waals surface area (Å²) in [6.45, 7) is 9.08. The van der Waals surface area contributed by atoms with Crippen molar-refractivity contribution in [3.63, 3.8) is 0 Å². The van der Waals surface area contributed by atoms with Crippen molar-refractivity contribution in [1.82, 2.24) is 14.9 Å². The Balaban J connectivity index is 1.48. The lowest BCUT2D eigenvalue weighted by atomic mass is 9.99. The van der Waals surface area contributed by atoms with Crippen molar-refractivity contribution < 1.29 is 0 Å². The standard InChI is InChI=1S/C22H28N4S/c1-16-7-8-18(17(2)13-16)19-14-27-22-20(19)21(24-15-25-22)23-9-3-4-10-26-11-5-6-12-26/h7-8,13-15H,3-6,9-12H2,1-2H3,(H,23,24,25). The molecule has 0 radical (unpaired) electrons. The predicted octanol–water partition coefficient (Wildman–Crippen LogP) is 5.26. The number of unbranched alkanes of at least 4 members (excludes halogenated alkanes) is 1. The van der Waals surface area contributed by atoms with E-state index < -0.39 is 0 Å². The van der Waals surface area contributed by atoms with Gasteiger partial charge in [0.1, 0.15) is 17.0 Å². The summed E-state index contributed by atoms with van der Waals surface area (Å²) in [5.74, 6) is 0.970. The third-order valence-corrected chi connectivity index (χ3v) is 6.32. The van der Waals surface area contributed by atoms with E-state index in [1.165, 1.54) is 67.6 Å². The van der Waals surface area contributed by atoms with E-state index in [9.17, 15) is 0 Å². The molecular formula is C22H28N4S. The maximum Gasteiger partial charge on any atom is 0.138 e. The molecule has 3 heterocycles. The molecule has 3 aromatic rings. The Hall–Kier alpha value is -1.98. The van der Waals surface area contributed by atoms with Crippen LogP contribution in [0.1, 0.15) is 36.8 Å². The van der Waals surface area contributed by atoms with Gasteiger partial charge in [-0.1, -0.05) is 23.8 Å². The molecule has 0 saturated carbocycles. The Bertz CT molecular complexity index is 912. The molecule has 1 aliphatic rings. The largest absolute Gasteiger partial charge is 0.369 e. The first-order valence-corrected chi connectivity index (χ1v) is 10.9. The highest BCUT2D eigenvalue weighted by Crippen LogP contribution is 2.38. The van der Waals surface area contributed by atoms with Gasteiger partial charge in [-0.05, 0) is 70.3 Å². The molecule has 1 N–H and O–H groups in total. The summed E-state index contributed by atoms with van der Waals surface area (Å²) < 4.78 is 0. The van der Waals surface area contributed by atoms with E-state index in [1.807, 2.05) is 0 Å². The first-order chi connectivity index (χ1) is 13.2. The van der Waals surface area contributed by atoms with Gasteiger partial charge >= 0.3 is 0 Å². The van der Waals surface area contributed by atoms with Crippen LogP contribution in [-0.4, -0.2) is 41.0 Å². The van der Waals surface area contributed by atoms with E-state index in [0.29, 0.717) is 0 Å². The first kappa shape index (κ1) is 18.4. The molecule has 27 heavy (non-hydrogen) atoms. The number of nitrogens with zero attached hydrogens (tertiary/aromatic N) is 3. The van der Waals surface area contributed by atoms with Crippen molar-refractivity contribution in [2.45, 2.75) is 39.5 Å². The number of nitrogens with one attached hydrogen (secondary N) is 1. The van der Waals surface area contributed by atoms with Gasteiger partial charge in [0.15, 0.2) is 0 Å². The fraction of sp³-hybridized carbons (Fsp3) is 0.455. The molecule has 0 spiro atoms. The summed E-state index contributed by atoms with van der Waals surface area (Å²) in [5.41, 5.74) is 5.12. The molecule has 0 unspecified atom stereocenters. The zero-order chi connectivity index (χ0) is 18.6. The molecule has 4 nitrogen and oxygen atoms in total. The highest BCUT2D eigenvalue weighted by molar-refractivity contribution is 7.17. The molecule has 0 bridgehead atoms. The number of fused-ring (bicyclic) bond motifs is 1. The number of likely N-dealkylation sites (tertiary alicyclic amines) is 1. The van der Waals surface area contributed by atoms with Crippen molar-refractivity contribution >= 4 is 27.4 Å². The number of hydrogen-bond acceptors (Lipinski definition) is 5. The molecule has 0 atom stereocenters. The summed E-state index contributed by atoms with van der Waals surface area (Å²) in [7, 11) is 0. The third-order valence-electron chi connectivity index (χ3n) is 5.43. The molecule has 1 saturated heterocycles. The van der Waals surface area contributed by atoms with E-state index in [2.05, 4.69) is 57.6 Å². The van der Waals surface area contributed by atoms with Crippen LogP contribution in [0.4, 0.5) is 5.82 Å². The van der Waals surface area contributed by atoms with Gasteiger partial charge < -0.3 is 10.2 Å². The van der Waals surface area contributed by atoms with E-state index in [4.69, 9.17) is 0 Å². The third kappa shape index (κ3) is 4.14. The van der Waals surface area contributed by atoms with Crippen molar-refractivity contribution in [2.75, 3.05) is 31.5 Å². The number of aryl methyl sites for hydroxylation is 2. The highest BCUT2D eigenvalue weighted by atomic mass is 32.1. The van der Waals surface area contributed by atoms with E-state index >= 15 is 0 Å². The molecule has 2 aromatic heterocycles. The van der Waals surface area contributed by atoms with Crippen molar-refractivity contribution in [3.8, 4) is 11.1 Å². The molecule has 4 rings (SSSR count). The van der Waals surface area contributed by atoms with E-state index in [-0.39, 0.29) is 0 Å². The Morgan fingerprint density at radius 2 is 1.93 bits per heavy atom. The Morgan fingerprint density at radius 1 is 1.07 bits per heavy atom. The van der Waals surface area contributed by atoms with Crippen LogP contribution >= 0.6 is 11.3 Å². The van der Waals surface area contributed by atoms with Crippen LogP contribution in [0, 0.1) is 13.8 Å². The quantitative estimate of drug-likeness (QED) is 0.568. The predicted molar refractivity (Wildman–Crippen MR) is 116 cm³/mol. The number of rotatable bonds is 7. The minimum absolute atomic E-state index is 0.960. The Kier molecular flexibility index (Phi) is 5.69. The lowest BCUT2D eigenvalue weighted by molar-refractivity contribution is 0.331. The number of aromatic nitrogens is 2. The average Bonchev–Trinajstić information content (AvgIpc) is 3.32. The number of benzene rings is 1. The van der Waals surface area contributed by atoms with Crippen LogP contribution in [0.5, 0.6) is 0 Å². The van der Waals surface area contributed by atoms with Gasteiger partial charge in [-0.2, -0.15) is 0 Å². The minimum Gasteiger partial charge on any atom is -0.369 e. The number of hydrogen-bond donors (Lipinski definition) is 1. The highest BCUT2D eigenvalue weighted by Gasteiger charge is 2.15. The summed E-state index contributed by atoms with van der Waals surface area (Å²) >= 11 is 1.70. The van der Waals surface area contributed by atoms with Crippen molar-refractivity contribution in [2.24, 2.45) is 0 Å². The van der Waals surface area contributed by atoms with Crippen LogP contribution in [0.15, 0.2) is 29.9 Å². The molecule has 1 aliphatic heterocycles. The maximum absolute atomic E-state index is 4.56. The first-order valence-electron chi connectivity index (χ1n) is 9.98. The van der Waals surface area contributed by atoms with Gasteiger partial charge in [0, 0.05) is 17.5 Å². The number of anilines is 1. The second-order valence-electron chi connectivity index (χ2n) is 7.55. The molecule has 5 heteroatoms. The van der Waals surface area contributed by atoms with Crippen LogP contribution in [0.3, 0.4) is 0 Å². The summed E-state index contributed by atoms with van der Waals surface area (Å²) in [6, 6.07) is 6.65. The molecule has 142 valence electrons. The van der Waals surface area contributed by atoms with Crippen LogP contribution in [0.2, 0.25) is 0 Å². The lowest BCUT2D eigenvalue weighted by Gasteiger charge is -2.14. The minimum atomic E-state index is 0.960. The zero-order valence-electron chi connectivity index (χ0n) is 16.3.